The molecule has 0 radical (unpaired) electrons. The van der Waals surface area contributed by atoms with Crippen LogP contribution in [0.15, 0.2) is 42.5 Å². The molecule has 0 aromatic heterocycles. The van der Waals surface area contributed by atoms with Gasteiger partial charge in [0.1, 0.15) is 11.5 Å². The monoisotopic (exact) mass is 451 g/mol. The Morgan fingerprint density at radius 2 is 1.91 bits per heavy atom. The maximum atomic E-state index is 9.97. The van der Waals surface area contributed by atoms with Crippen molar-refractivity contribution in [1.29, 1.82) is 0 Å². The van der Waals surface area contributed by atoms with Crippen molar-refractivity contribution in [2.24, 2.45) is 11.8 Å². The van der Waals surface area contributed by atoms with Crippen molar-refractivity contribution >= 4 is 0 Å². The van der Waals surface area contributed by atoms with Gasteiger partial charge in [0, 0.05) is 38.3 Å². The fourth-order valence-electron chi connectivity index (χ4n) is 5.57. The van der Waals surface area contributed by atoms with E-state index in [0.717, 1.165) is 45.6 Å². The van der Waals surface area contributed by atoms with E-state index in [4.69, 9.17) is 0 Å². The number of aromatic hydroxyl groups is 2. The van der Waals surface area contributed by atoms with Gasteiger partial charge >= 0.3 is 0 Å². The van der Waals surface area contributed by atoms with Gasteiger partial charge in [-0.3, -0.25) is 0 Å². The Labute approximate surface area is 199 Å². The molecule has 0 amide bonds. The van der Waals surface area contributed by atoms with Crippen LogP contribution in [0.3, 0.4) is 0 Å². The third-order valence-electron chi connectivity index (χ3n) is 8.20. The molecule has 2 aromatic rings. The van der Waals surface area contributed by atoms with Gasteiger partial charge in [0.25, 0.3) is 0 Å². The van der Waals surface area contributed by atoms with Crippen LogP contribution in [0.4, 0.5) is 0 Å². The molecule has 33 heavy (non-hydrogen) atoms. The summed E-state index contributed by atoms with van der Waals surface area (Å²) in [4.78, 5) is 2.62. The van der Waals surface area contributed by atoms with Crippen LogP contribution in [0.25, 0.3) is 0 Å². The number of nitrogens with one attached hydrogen (secondary N) is 2. The van der Waals surface area contributed by atoms with E-state index in [9.17, 15) is 10.2 Å². The normalized spacial score (nSPS) is 26.8. The number of fused-ring (bicyclic) bond motifs is 1. The molecule has 5 heteroatoms. The van der Waals surface area contributed by atoms with Gasteiger partial charge in [0.05, 0.1) is 0 Å². The molecule has 0 spiro atoms. The Hall–Kier alpha value is -2.08. The molecular formula is C28H41N3O2. The minimum atomic E-state index is 0.101. The van der Waals surface area contributed by atoms with Crippen molar-refractivity contribution in [1.82, 2.24) is 15.5 Å². The lowest BCUT2D eigenvalue weighted by Crippen LogP contribution is -2.54. The Morgan fingerprint density at radius 3 is 2.64 bits per heavy atom. The highest BCUT2D eigenvalue weighted by Crippen LogP contribution is 2.40. The molecule has 5 nitrogen and oxygen atoms in total. The summed E-state index contributed by atoms with van der Waals surface area (Å²) in [5.41, 5.74) is 3.91. The van der Waals surface area contributed by atoms with Crippen molar-refractivity contribution in [3.63, 3.8) is 0 Å². The molecule has 1 saturated heterocycles. The van der Waals surface area contributed by atoms with Gasteiger partial charge in [-0.25, -0.2) is 0 Å². The lowest BCUT2D eigenvalue weighted by atomic mass is 9.68. The van der Waals surface area contributed by atoms with E-state index < -0.39 is 0 Å². The first-order valence-corrected chi connectivity index (χ1v) is 12.5. The lowest BCUT2D eigenvalue weighted by Gasteiger charge is -2.46. The summed E-state index contributed by atoms with van der Waals surface area (Å²) in [5.74, 6) is 1.80. The smallest absolute Gasteiger partial charge is 0.115 e. The number of nitrogens with zero attached hydrogens (tertiary/aromatic N) is 1. The van der Waals surface area contributed by atoms with E-state index in [1.807, 2.05) is 18.2 Å². The maximum absolute atomic E-state index is 9.97. The molecule has 0 saturated carbocycles. The first-order valence-electron chi connectivity index (χ1n) is 12.5. The van der Waals surface area contributed by atoms with Crippen LogP contribution in [0.5, 0.6) is 11.5 Å². The molecule has 180 valence electrons. The van der Waals surface area contributed by atoms with E-state index >= 15 is 0 Å². The molecule has 4 N–H and O–H groups in total. The first-order chi connectivity index (χ1) is 15.7. The SMILES string of the molecule is CC(C)C(CN1CCC(C)(c2cccc(O)c2)C(C)C1)NCC1Cc2ccc(O)cc2CN1. The molecule has 0 bridgehead atoms. The number of benzene rings is 2. The molecule has 4 rings (SSSR count). The van der Waals surface area contributed by atoms with Gasteiger partial charge in [-0.05, 0) is 77.6 Å². The van der Waals surface area contributed by atoms with Crippen LogP contribution >= 0.6 is 0 Å². The first kappa shape index (κ1) is 24.1. The molecule has 2 aromatic carbocycles. The second kappa shape index (κ2) is 10.0. The second-order valence-electron chi connectivity index (χ2n) is 10.9. The Kier molecular flexibility index (Phi) is 7.32. The van der Waals surface area contributed by atoms with Crippen molar-refractivity contribution in [3.8, 4) is 11.5 Å². The number of phenols is 2. The highest BCUT2D eigenvalue weighted by Gasteiger charge is 2.38. The highest BCUT2D eigenvalue weighted by molar-refractivity contribution is 5.37. The zero-order chi connectivity index (χ0) is 23.6. The summed E-state index contributed by atoms with van der Waals surface area (Å²) in [6.45, 7) is 14.3. The van der Waals surface area contributed by atoms with Crippen LogP contribution in [0.1, 0.15) is 50.8 Å². The van der Waals surface area contributed by atoms with Crippen LogP contribution in [0, 0.1) is 11.8 Å². The van der Waals surface area contributed by atoms with E-state index in [0.29, 0.717) is 35.4 Å². The van der Waals surface area contributed by atoms with Gasteiger partial charge in [-0.1, -0.05) is 45.9 Å². The minimum absolute atomic E-state index is 0.101. The van der Waals surface area contributed by atoms with E-state index in [1.54, 1.807) is 12.1 Å². The Bertz CT molecular complexity index is 946. The topological polar surface area (TPSA) is 67.8 Å². The standard InChI is InChI=1S/C28H41N3O2/c1-19(2)27(30-16-24-12-21-8-9-26(33)13-22(21)15-29-24)18-31-11-10-28(4,20(3)17-31)23-6-5-7-25(32)14-23/h5-9,13-14,19-20,24,27,29-30,32-33H,10-12,15-18H2,1-4H3. The van der Waals surface area contributed by atoms with E-state index in [-0.39, 0.29) is 5.41 Å². The fraction of sp³-hybridized carbons (Fsp3) is 0.571. The third-order valence-corrected chi connectivity index (χ3v) is 8.20. The van der Waals surface area contributed by atoms with E-state index in [2.05, 4.69) is 55.4 Å². The third kappa shape index (κ3) is 5.53. The van der Waals surface area contributed by atoms with Gasteiger partial charge in [-0.15, -0.1) is 0 Å². The molecule has 2 aliphatic heterocycles. The highest BCUT2D eigenvalue weighted by atomic mass is 16.3. The zero-order valence-electron chi connectivity index (χ0n) is 20.6. The van der Waals surface area contributed by atoms with Crippen molar-refractivity contribution < 1.29 is 10.2 Å². The molecular weight excluding hydrogens is 410 g/mol. The average molecular weight is 452 g/mol. The number of hydrogen-bond acceptors (Lipinski definition) is 5. The fourth-order valence-corrected chi connectivity index (χ4v) is 5.57. The maximum Gasteiger partial charge on any atom is 0.115 e. The molecule has 0 aliphatic carbocycles. The van der Waals surface area contributed by atoms with Gasteiger partial charge in [0.15, 0.2) is 0 Å². The van der Waals surface area contributed by atoms with Crippen molar-refractivity contribution in [3.05, 3.63) is 59.2 Å². The summed E-state index contributed by atoms with van der Waals surface area (Å²) < 4.78 is 0. The predicted octanol–water partition coefficient (Wildman–Crippen LogP) is 4.03. The number of piperidine rings is 1. The summed E-state index contributed by atoms with van der Waals surface area (Å²) in [6, 6.07) is 14.4. The van der Waals surface area contributed by atoms with Crippen LogP contribution in [0.2, 0.25) is 0 Å². The summed E-state index contributed by atoms with van der Waals surface area (Å²) >= 11 is 0. The number of rotatable bonds is 7. The van der Waals surface area contributed by atoms with Crippen LogP contribution in [-0.2, 0) is 18.4 Å². The average Bonchev–Trinajstić information content (AvgIpc) is 2.78. The molecule has 4 unspecified atom stereocenters. The molecule has 2 heterocycles. The zero-order valence-corrected chi connectivity index (χ0v) is 20.6. The molecule has 4 atom stereocenters. The van der Waals surface area contributed by atoms with Crippen molar-refractivity contribution in [2.45, 2.75) is 64.6 Å². The Balaban J connectivity index is 1.32. The molecule has 2 aliphatic rings. The van der Waals surface area contributed by atoms with Crippen LogP contribution < -0.4 is 10.6 Å². The molecule has 1 fully saturated rings. The Morgan fingerprint density at radius 1 is 1.12 bits per heavy atom. The summed E-state index contributed by atoms with van der Waals surface area (Å²) in [6.07, 6.45) is 2.10. The second-order valence-corrected chi connectivity index (χ2v) is 10.9. The minimum Gasteiger partial charge on any atom is -0.508 e. The van der Waals surface area contributed by atoms with Gasteiger partial charge in [0.2, 0.25) is 0 Å². The van der Waals surface area contributed by atoms with Crippen LogP contribution in [-0.4, -0.2) is 53.4 Å². The number of likely N-dealkylation sites (tertiary alicyclic amines) is 1. The largest absolute Gasteiger partial charge is 0.508 e. The van der Waals surface area contributed by atoms with E-state index in [1.165, 1.54) is 16.7 Å². The number of hydrogen-bond donors (Lipinski definition) is 4. The summed E-state index contributed by atoms with van der Waals surface area (Å²) in [5, 5.41) is 27.2. The lowest BCUT2D eigenvalue weighted by molar-refractivity contribution is 0.0952. The number of phenolic OH excluding ortho intramolecular Hbond substituents is 2. The van der Waals surface area contributed by atoms with Gasteiger partial charge < -0.3 is 25.7 Å². The van der Waals surface area contributed by atoms with Crippen molar-refractivity contribution in [2.75, 3.05) is 26.2 Å². The summed E-state index contributed by atoms with van der Waals surface area (Å²) in [7, 11) is 0. The predicted molar refractivity (Wildman–Crippen MR) is 135 cm³/mol. The quantitative estimate of drug-likeness (QED) is 0.512. The van der Waals surface area contributed by atoms with Gasteiger partial charge in [-0.2, -0.15) is 0 Å².